The number of para-hydroxylation sites is 1. The van der Waals surface area contributed by atoms with Gasteiger partial charge in [-0.2, -0.15) is 0 Å². The van der Waals surface area contributed by atoms with E-state index >= 15 is 0 Å². The number of nitrogens with one attached hydrogen (secondary N) is 1. The van der Waals surface area contributed by atoms with Gasteiger partial charge in [0.1, 0.15) is 0 Å². The molecule has 1 heterocycles. The van der Waals surface area contributed by atoms with Gasteiger partial charge < -0.3 is 5.32 Å². The average molecular weight is 427 g/mol. The molecule has 1 fully saturated rings. The summed E-state index contributed by atoms with van der Waals surface area (Å²) >= 11 is 7.58. The van der Waals surface area contributed by atoms with Gasteiger partial charge in [0.05, 0.1) is 5.75 Å². The van der Waals surface area contributed by atoms with Crippen molar-refractivity contribution in [3.63, 3.8) is 0 Å². The zero-order chi connectivity index (χ0) is 20.1. The van der Waals surface area contributed by atoms with E-state index in [1.165, 1.54) is 31.0 Å². The molecule has 0 spiro atoms. The number of benzene rings is 2. The zero-order valence-electron chi connectivity index (χ0n) is 16.1. The van der Waals surface area contributed by atoms with Crippen LogP contribution in [0.1, 0.15) is 32.1 Å². The zero-order valence-corrected chi connectivity index (χ0v) is 17.6. The second kappa shape index (κ2) is 9.46. The number of aromatic nitrogens is 3. The number of amides is 1. The predicted octanol–water partition coefficient (Wildman–Crippen LogP) is 5.13. The highest BCUT2D eigenvalue weighted by atomic mass is 35.5. The fourth-order valence-electron chi connectivity index (χ4n) is 3.63. The molecule has 1 aliphatic rings. The number of rotatable bonds is 6. The van der Waals surface area contributed by atoms with E-state index in [0.717, 1.165) is 24.1 Å². The lowest BCUT2D eigenvalue weighted by atomic mass is 9.95. The molecule has 1 saturated carbocycles. The van der Waals surface area contributed by atoms with Crippen LogP contribution in [0.2, 0.25) is 5.02 Å². The third-order valence-electron chi connectivity index (χ3n) is 5.03. The van der Waals surface area contributed by atoms with Crippen LogP contribution in [0.5, 0.6) is 0 Å². The van der Waals surface area contributed by atoms with Crippen molar-refractivity contribution in [3.05, 3.63) is 59.6 Å². The number of halogens is 1. The Hall–Kier alpha value is -2.31. The van der Waals surface area contributed by atoms with Crippen molar-refractivity contribution in [2.75, 3.05) is 5.75 Å². The van der Waals surface area contributed by atoms with Crippen molar-refractivity contribution in [2.45, 2.75) is 43.3 Å². The molecular weight excluding hydrogens is 404 g/mol. The normalized spacial score (nSPS) is 14.7. The molecule has 29 heavy (non-hydrogen) atoms. The van der Waals surface area contributed by atoms with Crippen LogP contribution in [-0.2, 0) is 4.79 Å². The summed E-state index contributed by atoms with van der Waals surface area (Å²) in [5.74, 6) is 1.07. The summed E-state index contributed by atoms with van der Waals surface area (Å²) in [7, 11) is 0. The first-order chi connectivity index (χ1) is 14.2. The van der Waals surface area contributed by atoms with Gasteiger partial charge in [-0.1, -0.05) is 73.0 Å². The van der Waals surface area contributed by atoms with Crippen molar-refractivity contribution in [3.8, 4) is 17.1 Å². The van der Waals surface area contributed by atoms with E-state index in [4.69, 9.17) is 11.6 Å². The molecule has 0 saturated heterocycles. The Morgan fingerprint density at radius 3 is 2.62 bits per heavy atom. The lowest BCUT2D eigenvalue weighted by molar-refractivity contribution is -0.119. The third kappa shape index (κ3) is 5.00. The molecule has 4 rings (SSSR count). The Labute approximate surface area is 179 Å². The van der Waals surface area contributed by atoms with Crippen molar-refractivity contribution >= 4 is 29.3 Å². The van der Waals surface area contributed by atoms with Gasteiger partial charge in [0.15, 0.2) is 11.0 Å². The molecule has 2 aromatic carbocycles. The van der Waals surface area contributed by atoms with E-state index in [1.807, 2.05) is 59.2 Å². The molecule has 150 valence electrons. The fourth-order valence-corrected chi connectivity index (χ4v) is 4.59. The molecule has 3 aromatic rings. The van der Waals surface area contributed by atoms with Gasteiger partial charge in [-0.25, -0.2) is 0 Å². The second-order valence-electron chi connectivity index (χ2n) is 7.18. The molecule has 1 aromatic heterocycles. The first kappa shape index (κ1) is 20.0. The number of thioether (sulfide) groups is 1. The van der Waals surface area contributed by atoms with E-state index in [2.05, 4.69) is 15.5 Å². The molecule has 0 radical (unpaired) electrons. The second-order valence-corrected chi connectivity index (χ2v) is 8.56. The van der Waals surface area contributed by atoms with E-state index in [9.17, 15) is 4.79 Å². The SMILES string of the molecule is O=C(CSc1nnc(-c2cccc(Cl)c2)n1-c1ccccc1)NC1CCCCC1. The van der Waals surface area contributed by atoms with Crippen molar-refractivity contribution in [1.82, 2.24) is 20.1 Å². The summed E-state index contributed by atoms with van der Waals surface area (Å²) in [5, 5.41) is 13.3. The quantitative estimate of drug-likeness (QED) is 0.555. The Morgan fingerprint density at radius 1 is 1.07 bits per heavy atom. The first-order valence-corrected chi connectivity index (χ1v) is 11.3. The Balaban J connectivity index is 1.56. The van der Waals surface area contributed by atoms with Crippen molar-refractivity contribution in [1.29, 1.82) is 0 Å². The van der Waals surface area contributed by atoms with Gasteiger partial charge in [0.25, 0.3) is 0 Å². The van der Waals surface area contributed by atoms with E-state index in [1.54, 1.807) is 0 Å². The smallest absolute Gasteiger partial charge is 0.230 e. The fraction of sp³-hybridized carbons (Fsp3) is 0.318. The van der Waals surface area contributed by atoms with Gasteiger partial charge in [-0.3, -0.25) is 9.36 Å². The van der Waals surface area contributed by atoms with Gasteiger partial charge in [0.2, 0.25) is 5.91 Å². The molecule has 1 aliphatic carbocycles. The summed E-state index contributed by atoms with van der Waals surface area (Å²) in [6, 6.07) is 17.8. The summed E-state index contributed by atoms with van der Waals surface area (Å²) in [6.07, 6.45) is 5.82. The number of hydrogen-bond acceptors (Lipinski definition) is 4. The summed E-state index contributed by atoms with van der Waals surface area (Å²) in [5.41, 5.74) is 1.83. The minimum atomic E-state index is 0.0498. The van der Waals surface area contributed by atoms with Crippen LogP contribution >= 0.6 is 23.4 Å². The third-order valence-corrected chi connectivity index (χ3v) is 6.20. The molecule has 0 atom stereocenters. The molecule has 1 N–H and O–H groups in total. The van der Waals surface area contributed by atoms with Gasteiger partial charge >= 0.3 is 0 Å². The maximum absolute atomic E-state index is 12.4. The monoisotopic (exact) mass is 426 g/mol. The number of carbonyl (C=O) groups is 1. The van der Waals surface area contributed by atoms with Crippen LogP contribution in [0, 0.1) is 0 Å². The summed E-state index contributed by atoms with van der Waals surface area (Å²) < 4.78 is 1.98. The highest BCUT2D eigenvalue weighted by molar-refractivity contribution is 7.99. The highest BCUT2D eigenvalue weighted by Gasteiger charge is 2.19. The number of nitrogens with zero attached hydrogens (tertiary/aromatic N) is 3. The molecule has 0 bridgehead atoms. The molecule has 0 aliphatic heterocycles. The minimum Gasteiger partial charge on any atom is -0.353 e. The van der Waals surface area contributed by atoms with Crippen LogP contribution in [-0.4, -0.2) is 32.5 Å². The Bertz CT molecular complexity index is 970. The molecular formula is C22H23ClN4OS. The summed E-state index contributed by atoms with van der Waals surface area (Å²) in [4.78, 5) is 12.4. The van der Waals surface area contributed by atoms with Crippen molar-refractivity contribution in [2.24, 2.45) is 0 Å². The highest BCUT2D eigenvalue weighted by Crippen LogP contribution is 2.29. The minimum absolute atomic E-state index is 0.0498. The summed E-state index contributed by atoms with van der Waals surface area (Å²) in [6.45, 7) is 0. The average Bonchev–Trinajstić information content (AvgIpc) is 3.18. The first-order valence-electron chi connectivity index (χ1n) is 9.89. The van der Waals surface area contributed by atoms with E-state index in [0.29, 0.717) is 27.8 Å². The van der Waals surface area contributed by atoms with E-state index < -0.39 is 0 Å². The van der Waals surface area contributed by atoms with Crippen LogP contribution in [0.4, 0.5) is 0 Å². The lowest BCUT2D eigenvalue weighted by Crippen LogP contribution is -2.37. The number of carbonyl (C=O) groups excluding carboxylic acids is 1. The largest absolute Gasteiger partial charge is 0.353 e. The Morgan fingerprint density at radius 2 is 1.86 bits per heavy atom. The topological polar surface area (TPSA) is 59.8 Å². The molecule has 7 heteroatoms. The van der Waals surface area contributed by atoms with Crippen LogP contribution < -0.4 is 5.32 Å². The maximum atomic E-state index is 12.4. The van der Waals surface area contributed by atoms with Crippen LogP contribution in [0.15, 0.2) is 59.8 Å². The van der Waals surface area contributed by atoms with Gasteiger partial charge in [-0.15, -0.1) is 10.2 Å². The van der Waals surface area contributed by atoms with Gasteiger partial charge in [0, 0.05) is 22.3 Å². The molecule has 1 amide bonds. The van der Waals surface area contributed by atoms with E-state index in [-0.39, 0.29) is 5.91 Å². The van der Waals surface area contributed by atoms with Gasteiger partial charge in [-0.05, 0) is 37.1 Å². The Kier molecular flexibility index (Phi) is 6.52. The molecule has 0 unspecified atom stereocenters. The van der Waals surface area contributed by atoms with Crippen molar-refractivity contribution < 1.29 is 4.79 Å². The molecule has 5 nitrogen and oxygen atoms in total. The lowest BCUT2D eigenvalue weighted by Gasteiger charge is -2.22. The standard InChI is InChI=1S/C22H23ClN4OS/c23-17-9-7-8-16(14-17)21-25-26-22(27(21)19-12-5-2-6-13-19)29-15-20(28)24-18-10-3-1-4-11-18/h2,5-9,12-14,18H,1,3-4,10-11,15H2,(H,24,28). The van der Waals surface area contributed by atoms with Crippen LogP contribution in [0.25, 0.3) is 17.1 Å². The maximum Gasteiger partial charge on any atom is 0.230 e. The van der Waals surface area contributed by atoms with Crippen LogP contribution in [0.3, 0.4) is 0 Å². The number of hydrogen-bond donors (Lipinski definition) is 1. The predicted molar refractivity (Wildman–Crippen MR) is 118 cm³/mol.